The standard InChI is InChI=1S/C24H25N3O4/c1-14-7-9-18-19(24(29)27-21-13-17(30-2)8-10-22(21)31-3)11-16(12-20(18)25-14)26-23(28)15-5-4-6-15/h7-13,15H,4-6H2,1-3H3,(H,26,28)(H,27,29). The Morgan fingerprint density at radius 1 is 1.00 bits per heavy atom. The molecular weight excluding hydrogens is 394 g/mol. The normalized spacial score (nSPS) is 13.4. The molecule has 1 aliphatic carbocycles. The van der Waals surface area contributed by atoms with Gasteiger partial charge in [-0.05, 0) is 50.1 Å². The molecule has 0 aliphatic heterocycles. The topological polar surface area (TPSA) is 89.5 Å². The summed E-state index contributed by atoms with van der Waals surface area (Å²) in [4.78, 5) is 30.3. The molecule has 160 valence electrons. The van der Waals surface area contributed by atoms with Crippen LogP contribution in [0.5, 0.6) is 11.5 Å². The van der Waals surface area contributed by atoms with Gasteiger partial charge in [-0.2, -0.15) is 0 Å². The third-order valence-corrected chi connectivity index (χ3v) is 5.59. The molecule has 1 aromatic heterocycles. The van der Waals surface area contributed by atoms with Crippen LogP contribution in [0.15, 0.2) is 42.5 Å². The Kier molecular flexibility index (Phi) is 5.75. The van der Waals surface area contributed by atoms with Crippen LogP contribution in [0, 0.1) is 12.8 Å². The number of carbonyl (C=O) groups excluding carboxylic acids is 2. The van der Waals surface area contributed by atoms with Crippen LogP contribution < -0.4 is 20.1 Å². The average Bonchev–Trinajstić information content (AvgIpc) is 2.71. The highest BCUT2D eigenvalue weighted by molar-refractivity contribution is 6.14. The predicted molar refractivity (Wildman–Crippen MR) is 120 cm³/mol. The number of methoxy groups -OCH3 is 2. The molecule has 0 atom stereocenters. The molecule has 2 amide bonds. The molecule has 0 bridgehead atoms. The Bertz CT molecular complexity index is 1160. The fraction of sp³-hybridized carbons (Fsp3) is 0.292. The highest BCUT2D eigenvalue weighted by Gasteiger charge is 2.25. The molecule has 1 heterocycles. The van der Waals surface area contributed by atoms with Crippen molar-refractivity contribution >= 4 is 34.1 Å². The van der Waals surface area contributed by atoms with Gasteiger partial charge >= 0.3 is 0 Å². The summed E-state index contributed by atoms with van der Waals surface area (Å²) < 4.78 is 10.6. The highest BCUT2D eigenvalue weighted by Crippen LogP contribution is 2.32. The van der Waals surface area contributed by atoms with Gasteiger partial charge in [-0.25, -0.2) is 0 Å². The maximum atomic E-state index is 13.3. The van der Waals surface area contributed by atoms with Crippen LogP contribution in [-0.2, 0) is 4.79 Å². The molecule has 1 aliphatic rings. The van der Waals surface area contributed by atoms with E-state index in [0.717, 1.165) is 25.0 Å². The van der Waals surface area contributed by atoms with Crippen molar-refractivity contribution in [3.05, 3.63) is 53.7 Å². The summed E-state index contributed by atoms with van der Waals surface area (Å²) in [5, 5.41) is 6.55. The van der Waals surface area contributed by atoms with E-state index in [-0.39, 0.29) is 17.7 Å². The van der Waals surface area contributed by atoms with Crippen molar-refractivity contribution in [2.45, 2.75) is 26.2 Å². The number of aryl methyl sites for hydroxylation is 1. The van der Waals surface area contributed by atoms with Gasteiger partial charge in [0.25, 0.3) is 5.91 Å². The Morgan fingerprint density at radius 2 is 1.81 bits per heavy atom. The monoisotopic (exact) mass is 419 g/mol. The second-order valence-electron chi connectivity index (χ2n) is 7.68. The molecule has 0 spiro atoms. The van der Waals surface area contributed by atoms with Crippen molar-refractivity contribution in [1.29, 1.82) is 0 Å². The van der Waals surface area contributed by atoms with Gasteiger partial charge in [-0.3, -0.25) is 14.6 Å². The molecule has 0 saturated heterocycles. The van der Waals surface area contributed by atoms with E-state index in [1.54, 1.807) is 31.4 Å². The van der Waals surface area contributed by atoms with E-state index in [9.17, 15) is 9.59 Å². The minimum absolute atomic E-state index is 0.0147. The van der Waals surface area contributed by atoms with Crippen molar-refractivity contribution in [2.75, 3.05) is 24.9 Å². The lowest BCUT2D eigenvalue weighted by atomic mass is 9.85. The number of rotatable bonds is 6. The molecule has 3 aromatic rings. The smallest absolute Gasteiger partial charge is 0.256 e. The summed E-state index contributed by atoms with van der Waals surface area (Å²) in [5.74, 6) is 0.808. The van der Waals surface area contributed by atoms with Gasteiger partial charge in [0.2, 0.25) is 5.91 Å². The van der Waals surface area contributed by atoms with Crippen molar-refractivity contribution in [2.24, 2.45) is 5.92 Å². The Labute approximate surface area is 180 Å². The number of nitrogens with zero attached hydrogens (tertiary/aromatic N) is 1. The lowest BCUT2D eigenvalue weighted by Gasteiger charge is -2.24. The molecule has 1 saturated carbocycles. The van der Waals surface area contributed by atoms with Crippen LogP contribution in [0.3, 0.4) is 0 Å². The molecule has 4 rings (SSSR count). The minimum atomic E-state index is -0.332. The van der Waals surface area contributed by atoms with Crippen LogP contribution in [0.25, 0.3) is 10.9 Å². The predicted octanol–water partition coefficient (Wildman–Crippen LogP) is 4.55. The number of hydrogen-bond acceptors (Lipinski definition) is 5. The van der Waals surface area contributed by atoms with Gasteiger partial charge in [0, 0.05) is 28.8 Å². The first-order chi connectivity index (χ1) is 15.0. The summed E-state index contributed by atoms with van der Waals surface area (Å²) in [6.07, 6.45) is 2.88. The van der Waals surface area contributed by atoms with Crippen LogP contribution in [0.4, 0.5) is 11.4 Å². The van der Waals surface area contributed by atoms with Gasteiger partial charge in [0.1, 0.15) is 11.5 Å². The number of carbonyl (C=O) groups is 2. The summed E-state index contributed by atoms with van der Waals surface area (Å²) in [7, 11) is 3.10. The maximum absolute atomic E-state index is 13.3. The van der Waals surface area contributed by atoms with E-state index >= 15 is 0 Å². The largest absolute Gasteiger partial charge is 0.497 e. The van der Waals surface area contributed by atoms with Gasteiger partial charge in [0.15, 0.2) is 0 Å². The van der Waals surface area contributed by atoms with E-state index in [2.05, 4.69) is 15.6 Å². The van der Waals surface area contributed by atoms with E-state index in [0.29, 0.717) is 39.3 Å². The third kappa shape index (κ3) is 4.30. The second-order valence-corrected chi connectivity index (χ2v) is 7.68. The van der Waals surface area contributed by atoms with Crippen LogP contribution in [0.2, 0.25) is 0 Å². The summed E-state index contributed by atoms with van der Waals surface area (Å²) >= 11 is 0. The van der Waals surface area contributed by atoms with Crippen molar-refractivity contribution in [3.63, 3.8) is 0 Å². The fourth-order valence-corrected chi connectivity index (χ4v) is 3.61. The average molecular weight is 419 g/mol. The molecule has 0 radical (unpaired) electrons. The zero-order valence-corrected chi connectivity index (χ0v) is 17.8. The van der Waals surface area contributed by atoms with Crippen LogP contribution >= 0.6 is 0 Å². The Balaban J connectivity index is 1.71. The van der Waals surface area contributed by atoms with E-state index in [1.807, 2.05) is 25.1 Å². The number of anilines is 2. The van der Waals surface area contributed by atoms with E-state index < -0.39 is 0 Å². The molecule has 31 heavy (non-hydrogen) atoms. The zero-order chi connectivity index (χ0) is 22.0. The first-order valence-electron chi connectivity index (χ1n) is 10.2. The number of benzene rings is 2. The second kappa shape index (κ2) is 8.63. The summed E-state index contributed by atoms with van der Waals surface area (Å²) in [6.45, 7) is 1.89. The first-order valence-corrected chi connectivity index (χ1v) is 10.2. The fourth-order valence-electron chi connectivity index (χ4n) is 3.61. The molecular formula is C24H25N3O4. The Hall–Kier alpha value is -3.61. The quantitative estimate of drug-likeness (QED) is 0.612. The SMILES string of the molecule is COc1ccc(OC)c(NC(=O)c2cc(NC(=O)C3CCC3)cc3nc(C)ccc23)c1. The summed E-state index contributed by atoms with van der Waals surface area (Å²) in [6, 6.07) is 12.4. The van der Waals surface area contributed by atoms with Gasteiger partial charge < -0.3 is 20.1 Å². The first kappa shape index (κ1) is 20.7. The van der Waals surface area contributed by atoms with Crippen LogP contribution in [0.1, 0.15) is 35.3 Å². The lowest BCUT2D eigenvalue weighted by molar-refractivity contribution is -0.122. The van der Waals surface area contributed by atoms with Gasteiger partial charge in [0.05, 0.1) is 31.0 Å². The molecule has 0 unspecified atom stereocenters. The number of amides is 2. The molecule has 2 N–H and O–H groups in total. The summed E-state index contributed by atoms with van der Waals surface area (Å²) in [5.41, 5.74) is 2.94. The number of aromatic nitrogens is 1. The number of hydrogen-bond donors (Lipinski definition) is 2. The third-order valence-electron chi connectivity index (χ3n) is 5.59. The van der Waals surface area contributed by atoms with E-state index in [1.165, 1.54) is 7.11 Å². The van der Waals surface area contributed by atoms with Gasteiger partial charge in [-0.15, -0.1) is 0 Å². The van der Waals surface area contributed by atoms with Crippen LogP contribution in [-0.4, -0.2) is 31.0 Å². The molecule has 1 fully saturated rings. The number of nitrogens with one attached hydrogen (secondary N) is 2. The van der Waals surface area contributed by atoms with E-state index in [4.69, 9.17) is 9.47 Å². The minimum Gasteiger partial charge on any atom is -0.497 e. The highest BCUT2D eigenvalue weighted by atomic mass is 16.5. The molecule has 7 heteroatoms. The lowest BCUT2D eigenvalue weighted by Crippen LogP contribution is -2.28. The zero-order valence-electron chi connectivity index (χ0n) is 17.8. The number of fused-ring (bicyclic) bond motifs is 1. The molecule has 7 nitrogen and oxygen atoms in total. The van der Waals surface area contributed by atoms with Crippen molar-refractivity contribution in [3.8, 4) is 11.5 Å². The Morgan fingerprint density at radius 3 is 2.48 bits per heavy atom. The molecule has 2 aromatic carbocycles. The van der Waals surface area contributed by atoms with Crippen molar-refractivity contribution < 1.29 is 19.1 Å². The number of ether oxygens (including phenoxy) is 2. The van der Waals surface area contributed by atoms with Crippen molar-refractivity contribution in [1.82, 2.24) is 4.98 Å². The van der Waals surface area contributed by atoms with Gasteiger partial charge in [-0.1, -0.05) is 12.5 Å². The number of pyridine rings is 1. The maximum Gasteiger partial charge on any atom is 0.256 e.